The van der Waals surface area contributed by atoms with Crippen molar-refractivity contribution < 1.29 is 46.6 Å². The van der Waals surface area contributed by atoms with E-state index in [1.54, 1.807) is 65.8 Å². The molecule has 1 aromatic carbocycles. The van der Waals surface area contributed by atoms with Gasteiger partial charge in [-0.2, -0.15) is 0 Å². The van der Waals surface area contributed by atoms with E-state index >= 15 is 0 Å². The molecule has 5 amide bonds. The number of alkyl carbamates (subject to hydrolysis) is 1. The van der Waals surface area contributed by atoms with Crippen molar-refractivity contribution in [1.82, 2.24) is 20.3 Å². The van der Waals surface area contributed by atoms with E-state index in [1.807, 2.05) is 0 Å². The summed E-state index contributed by atoms with van der Waals surface area (Å²) in [5.74, 6) is -2.37. The fourth-order valence-electron chi connectivity index (χ4n) is 5.63. The summed E-state index contributed by atoms with van der Waals surface area (Å²) in [6.07, 6.45) is -0.383. The van der Waals surface area contributed by atoms with E-state index in [9.17, 15) is 32.4 Å². The van der Waals surface area contributed by atoms with Crippen LogP contribution in [0.2, 0.25) is 0 Å². The number of nitrogens with one attached hydrogen (secondary N) is 4. The van der Waals surface area contributed by atoms with Gasteiger partial charge in [0.25, 0.3) is 5.91 Å². The molecule has 0 radical (unpaired) electrons. The summed E-state index contributed by atoms with van der Waals surface area (Å²) < 4.78 is 43.5. The lowest BCUT2D eigenvalue weighted by Crippen LogP contribution is -2.60. The van der Waals surface area contributed by atoms with Crippen molar-refractivity contribution in [3.05, 3.63) is 36.9 Å². The first kappa shape index (κ1) is 37.5. The summed E-state index contributed by atoms with van der Waals surface area (Å²) in [6, 6.07) is 4.14. The Hall–Kier alpha value is -4.34. The number of hydrogen-bond acceptors (Lipinski definition) is 10. The number of likely N-dealkylation sites (tertiary alicyclic amines) is 1. The molecule has 2 saturated carbocycles. The molecule has 49 heavy (non-hydrogen) atoms. The standard InChI is InChI=1S/C33H47N5O10S/c1-9-19-17-33(19,28(41)37-49(44,45)23-13-14-23)36-26(39)24-16-22(47-29(42)34-20-11-10-12-21(15-20)46-8)18-38(24)27(40)25(31(2,3)4)35-30(43)48-32(5,6)7/h9-12,15,19,22-25H,1,13-14,16-18H2,2-8H3,(H,34,42)(H,35,43)(H,36,39)(H,37,41)/t19?,22-,24+,25-,33-/m1/s1. The molecule has 16 heteroatoms. The highest BCUT2D eigenvalue weighted by Crippen LogP contribution is 2.45. The van der Waals surface area contributed by atoms with Crippen molar-refractivity contribution >= 4 is 45.6 Å². The minimum Gasteiger partial charge on any atom is -0.497 e. The molecule has 1 aliphatic heterocycles. The molecule has 4 N–H and O–H groups in total. The maximum atomic E-state index is 14.2. The average molecular weight is 706 g/mol. The molecular weight excluding hydrogens is 658 g/mol. The van der Waals surface area contributed by atoms with Crippen molar-refractivity contribution in [1.29, 1.82) is 0 Å². The Bertz CT molecular complexity index is 1600. The molecule has 4 rings (SSSR count). The van der Waals surface area contributed by atoms with Gasteiger partial charge in [0.05, 0.1) is 18.9 Å². The smallest absolute Gasteiger partial charge is 0.411 e. The van der Waals surface area contributed by atoms with E-state index in [1.165, 1.54) is 18.1 Å². The van der Waals surface area contributed by atoms with Crippen molar-refractivity contribution in [2.45, 2.75) is 102 Å². The predicted molar refractivity (Wildman–Crippen MR) is 179 cm³/mol. The summed E-state index contributed by atoms with van der Waals surface area (Å²) in [6.45, 7) is 13.7. The predicted octanol–water partition coefficient (Wildman–Crippen LogP) is 2.82. The molecular formula is C33H47N5O10S. The molecule has 0 bridgehead atoms. The lowest BCUT2D eigenvalue weighted by molar-refractivity contribution is -0.143. The lowest BCUT2D eigenvalue weighted by atomic mass is 9.85. The molecule has 5 atom stereocenters. The molecule has 1 unspecified atom stereocenters. The summed E-state index contributed by atoms with van der Waals surface area (Å²) in [5.41, 5.74) is -2.93. The van der Waals surface area contributed by atoms with Gasteiger partial charge in [-0.15, -0.1) is 6.58 Å². The summed E-state index contributed by atoms with van der Waals surface area (Å²) >= 11 is 0. The Morgan fingerprint density at radius 1 is 1.06 bits per heavy atom. The van der Waals surface area contributed by atoms with E-state index in [0.29, 0.717) is 24.3 Å². The fourth-order valence-corrected chi connectivity index (χ4v) is 7.00. The first-order valence-electron chi connectivity index (χ1n) is 16.1. The highest BCUT2D eigenvalue weighted by molar-refractivity contribution is 7.91. The van der Waals surface area contributed by atoms with E-state index in [-0.39, 0.29) is 19.4 Å². The van der Waals surface area contributed by atoms with Crippen molar-refractivity contribution in [2.24, 2.45) is 11.3 Å². The van der Waals surface area contributed by atoms with E-state index < -0.39 is 85.8 Å². The Balaban J connectivity index is 1.58. The third-order valence-electron chi connectivity index (χ3n) is 8.46. The number of nitrogens with zero attached hydrogens (tertiary/aromatic N) is 1. The van der Waals surface area contributed by atoms with Gasteiger partial charge in [-0.1, -0.05) is 32.9 Å². The van der Waals surface area contributed by atoms with Crippen molar-refractivity contribution in [3.63, 3.8) is 0 Å². The van der Waals surface area contributed by atoms with Gasteiger partial charge < -0.3 is 29.7 Å². The SMILES string of the molecule is C=CC1C[C@]1(NC(=O)[C@@H]1C[C@@H](OC(=O)Nc2cccc(OC)c2)CN1C(=O)[C@@H](NC(=O)OC(C)(C)C)C(C)(C)C)C(=O)NS(=O)(=O)C1CC1. The van der Waals surface area contributed by atoms with E-state index in [0.717, 1.165) is 0 Å². The highest BCUT2D eigenvalue weighted by atomic mass is 32.2. The van der Waals surface area contributed by atoms with E-state index in [4.69, 9.17) is 14.2 Å². The van der Waals surface area contributed by atoms with Gasteiger partial charge in [0.1, 0.15) is 35.1 Å². The second-order valence-corrected chi connectivity index (χ2v) is 16.7. The zero-order valence-corrected chi connectivity index (χ0v) is 29.8. The molecule has 1 saturated heterocycles. The van der Waals surface area contributed by atoms with Crippen LogP contribution in [-0.2, 0) is 33.9 Å². The van der Waals surface area contributed by atoms with Gasteiger partial charge in [-0.25, -0.2) is 18.0 Å². The maximum Gasteiger partial charge on any atom is 0.411 e. The molecule has 270 valence electrons. The first-order chi connectivity index (χ1) is 22.7. The minimum atomic E-state index is -3.92. The van der Waals surface area contributed by atoms with Crippen molar-refractivity contribution in [3.8, 4) is 5.75 Å². The topological polar surface area (TPSA) is 199 Å². The van der Waals surface area contributed by atoms with Gasteiger partial charge in [0.2, 0.25) is 21.8 Å². The van der Waals surface area contributed by atoms with Crippen LogP contribution in [0.4, 0.5) is 15.3 Å². The third-order valence-corrected chi connectivity index (χ3v) is 10.3. The van der Waals surface area contributed by atoms with Gasteiger partial charge in [-0.3, -0.25) is 24.4 Å². The zero-order valence-electron chi connectivity index (χ0n) is 29.0. The zero-order chi connectivity index (χ0) is 36.5. The molecule has 0 aromatic heterocycles. The number of carbonyl (C=O) groups is 5. The fraction of sp³-hybridized carbons (Fsp3) is 0.606. The second kappa shape index (κ2) is 13.9. The van der Waals surface area contributed by atoms with Crippen LogP contribution in [0.3, 0.4) is 0 Å². The van der Waals surface area contributed by atoms with Crippen LogP contribution in [0.1, 0.15) is 67.2 Å². The number of methoxy groups -OCH3 is 1. The third kappa shape index (κ3) is 9.22. The minimum absolute atomic E-state index is 0.0998. The van der Waals surface area contributed by atoms with Crippen LogP contribution in [0.15, 0.2) is 36.9 Å². The van der Waals surface area contributed by atoms with Crippen LogP contribution in [-0.4, -0.2) is 91.5 Å². The molecule has 1 heterocycles. The number of rotatable bonds is 11. The molecule has 3 fully saturated rings. The van der Waals surface area contributed by atoms with Crippen LogP contribution in [0.5, 0.6) is 5.75 Å². The Kier molecular flexibility index (Phi) is 10.6. The number of sulfonamides is 1. The Labute approximate surface area is 286 Å². The molecule has 15 nitrogen and oxygen atoms in total. The van der Waals surface area contributed by atoms with Crippen LogP contribution >= 0.6 is 0 Å². The number of anilines is 1. The second-order valence-electron chi connectivity index (χ2n) is 14.8. The number of benzene rings is 1. The van der Waals surface area contributed by atoms with Crippen molar-refractivity contribution in [2.75, 3.05) is 19.0 Å². The molecule has 0 spiro atoms. The summed E-state index contributed by atoms with van der Waals surface area (Å²) in [4.78, 5) is 68.5. The Morgan fingerprint density at radius 3 is 2.29 bits per heavy atom. The number of ether oxygens (including phenoxy) is 3. The first-order valence-corrected chi connectivity index (χ1v) is 17.7. The number of hydrogen-bond donors (Lipinski definition) is 4. The Morgan fingerprint density at radius 2 is 1.73 bits per heavy atom. The van der Waals surface area contributed by atoms with Crippen LogP contribution < -0.4 is 25.4 Å². The van der Waals surface area contributed by atoms with E-state index in [2.05, 4.69) is 27.3 Å². The van der Waals surface area contributed by atoms with Gasteiger partial charge in [-0.05, 0) is 57.6 Å². The quantitative estimate of drug-likeness (QED) is 0.248. The van der Waals surface area contributed by atoms with Gasteiger partial charge in [0.15, 0.2) is 0 Å². The largest absolute Gasteiger partial charge is 0.497 e. The molecule has 3 aliphatic rings. The summed E-state index contributed by atoms with van der Waals surface area (Å²) in [5, 5.41) is 7.25. The monoisotopic (exact) mass is 705 g/mol. The lowest BCUT2D eigenvalue weighted by Gasteiger charge is -2.36. The van der Waals surface area contributed by atoms with Crippen LogP contribution in [0, 0.1) is 11.3 Å². The normalized spacial score (nSPS) is 24.1. The average Bonchev–Trinajstić information content (AvgIpc) is 3.91. The molecule has 2 aliphatic carbocycles. The van der Waals surface area contributed by atoms with Gasteiger partial charge in [0, 0.05) is 24.1 Å². The van der Waals surface area contributed by atoms with Gasteiger partial charge >= 0.3 is 12.2 Å². The summed E-state index contributed by atoms with van der Waals surface area (Å²) in [7, 11) is -2.44. The molecule has 1 aromatic rings. The number of carbonyl (C=O) groups excluding carboxylic acids is 5. The number of amides is 5. The maximum absolute atomic E-state index is 14.2. The van der Waals surface area contributed by atoms with Crippen LogP contribution in [0.25, 0.3) is 0 Å². The highest BCUT2D eigenvalue weighted by Gasteiger charge is 2.62.